The van der Waals surface area contributed by atoms with Crippen molar-refractivity contribution >= 4 is 28.2 Å². The maximum atomic E-state index is 13.6. The van der Waals surface area contributed by atoms with Gasteiger partial charge in [-0.15, -0.1) is 24.5 Å². The summed E-state index contributed by atoms with van der Waals surface area (Å²) in [5, 5.41) is 10.7. The van der Waals surface area contributed by atoms with Crippen LogP contribution in [0.15, 0.2) is 80.0 Å². The van der Waals surface area contributed by atoms with Gasteiger partial charge in [-0.2, -0.15) is 0 Å². The first-order valence-electron chi connectivity index (χ1n) is 11.3. The summed E-state index contributed by atoms with van der Waals surface area (Å²) in [6.07, 6.45) is 6.02. The summed E-state index contributed by atoms with van der Waals surface area (Å²) in [5.74, 6) is -3.22. The summed E-state index contributed by atoms with van der Waals surface area (Å²) in [5.41, 5.74) is 2.34. The van der Waals surface area contributed by atoms with Gasteiger partial charge in [0.15, 0.2) is 0 Å². The van der Waals surface area contributed by atoms with Crippen molar-refractivity contribution < 1.29 is 23.4 Å². The van der Waals surface area contributed by atoms with Crippen LogP contribution >= 0.6 is 11.3 Å². The van der Waals surface area contributed by atoms with Crippen LogP contribution in [-0.2, 0) is 23.9 Å². The molecule has 0 aliphatic rings. The number of allylic oxidation sites excluding steroid dienone is 2. The van der Waals surface area contributed by atoms with Crippen LogP contribution in [0.5, 0.6) is 5.75 Å². The van der Waals surface area contributed by atoms with Crippen LogP contribution in [0.4, 0.5) is 8.78 Å². The van der Waals surface area contributed by atoms with Crippen molar-refractivity contribution in [3.8, 4) is 16.3 Å². The van der Waals surface area contributed by atoms with Crippen molar-refractivity contribution in [2.24, 2.45) is 0 Å². The molecule has 0 saturated carbocycles. The lowest BCUT2D eigenvalue weighted by atomic mass is 10.0. The predicted octanol–water partition coefficient (Wildman–Crippen LogP) is 7.39. The number of carboxylic acid groups (broad SMARTS) is 1. The number of rotatable bonds is 11. The number of aliphatic carboxylic acids is 1. The lowest BCUT2D eigenvalue weighted by Crippen LogP contribution is -2.07. The van der Waals surface area contributed by atoms with Crippen LogP contribution < -0.4 is 4.74 Å². The molecule has 1 atom stereocenters. The Kier molecular flexibility index (Phi) is 7.35. The molecule has 0 fully saturated rings. The smallest absolute Gasteiger partial charge is 0.323 e. The van der Waals surface area contributed by atoms with E-state index < -0.39 is 11.9 Å². The minimum atomic E-state index is -2.90. The second-order valence-corrected chi connectivity index (χ2v) is 9.59. The van der Waals surface area contributed by atoms with Gasteiger partial charge in [0.2, 0.25) is 0 Å². The van der Waals surface area contributed by atoms with E-state index in [1.54, 1.807) is 29.0 Å². The topological polar surface area (TPSA) is 64.4 Å². The number of fused-ring (bicyclic) bond motifs is 1. The Hall–Kier alpha value is -3.78. The summed E-state index contributed by atoms with van der Waals surface area (Å²) < 4.78 is 35.0. The van der Waals surface area contributed by atoms with E-state index in [0.717, 1.165) is 34.0 Å². The predicted molar refractivity (Wildman–Crippen MR) is 139 cm³/mol. The first-order valence-corrected chi connectivity index (χ1v) is 12.2. The lowest BCUT2D eigenvalue weighted by molar-refractivity contribution is -0.137. The molecule has 2 heterocycles. The minimum Gasteiger partial charge on any atom is -0.488 e. The van der Waals surface area contributed by atoms with Gasteiger partial charge in [-0.1, -0.05) is 36.4 Å². The third-order valence-corrected chi connectivity index (χ3v) is 6.93. The molecule has 2 aromatic carbocycles. The van der Waals surface area contributed by atoms with E-state index >= 15 is 0 Å². The van der Waals surface area contributed by atoms with E-state index in [1.165, 1.54) is 23.5 Å². The Morgan fingerprint density at radius 3 is 2.61 bits per heavy atom. The van der Waals surface area contributed by atoms with E-state index in [4.69, 9.17) is 14.8 Å². The zero-order chi connectivity index (χ0) is 25.9. The van der Waals surface area contributed by atoms with Crippen LogP contribution in [0.2, 0.25) is 0 Å². The zero-order valence-electron chi connectivity index (χ0n) is 19.8. The van der Waals surface area contributed by atoms with Crippen molar-refractivity contribution in [3.63, 3.8) is 0 Å². The number of benzene rings is 2. The molecule has 0 aliphatic heterocycles. The Balaban J connectivity index is 1.61. The fourth-order valence-electron chi connectivity index (χ4n) is 3.99. The van der Waals surface area contributed by atoms with Gasteiger partial charge in [-0.25, -0.2) is 13.8 Å². The fraction of sp³-hybridized carbons (Fsp3) is 0.214. The van der Waals surface area contributed by atoms with Gasteiger partial charge in [-0.3, -0.25) is 4.79 Å². The molecule has 0 saturated heterocycles. The molecule has 186 valence electrons. The number of alkyl halides is 2. The molecule has 0 bridgehead atoms. The highest BCUT2D eigenvalue weighted by Gasteiger charge is 2.24. The van der Waals surface area contributed by atoms with Crippen molar-refractivity contribution in [1.82, 2.24) is 9.55 Å². The number of carbonyl (C=O) groups is 1. The molecule has 4 rings (SSSR count). The first kappa shape index (κ1) is 25.3. The van der Waals surface area contributed by atoms with Crippen molar-refractivity contribution in [2.75, 3.05) is 0 Å². The van der Waals surface area contributed by atoms with E-state index in [-0.39, 0.29) is 24.6 Å². The fourth-order valence-corrected chi connectivity index (χ4v) is 5.04. The molecule has 36 heavy (non-hydrogen) atoms. The molecule has 0 amide bonds. The molecular formula is C28H26F2N2O3S. The summed E-state index contributed by atoms with van der Waals surface area (Å²) in [4.78, 5) is 16.8. The third-order valence-electron chi connectivity index (χ3n) is 5.84. The van der Waals surface area contributed by atoms with Crippen molar-refractivity contribution in [1.29, 1.82) is 0 Å². The van der Waals surface area contributed by atoms with Gasteiger partial charge in [-0.05, 0) is 30.7 Å². The maximum Gasteiger partial charge on any atom is 0.323 e. The molecule has 2 aromatic heterocycles. The number of thiazole rings is 1. The number of hydrogen-bond donors (Lipinski definition) is 1. The highest BCUT2D eigenvalue weighted by Crippen LogP contribution is 2.36. The van der Waals surface area contributed by atoms with Gasteiger partial charge in [0.25, 0.3) is 5.92 Å². The second-order valence-electron chi connectivity index (χ2n) is 8.51. The number of aromatic nitrogens is 2. The van der Waals surface area contributed by atoms with Gasteiger partial charge >= 0.3 is 5.97 Å². The summed E-state index contributed by atoms with van der Waals surface area (Å²) in [6, 6.07) is 13.5. The molecule has 0 aliphatic carbocycles. The zero-order valence-corrected chi connectivity index (χ0v) is 20.6. The number of nitrogens with zero attached hydrogens (tertiary/aromatic N) is 2. The van der Waals surface area contributed by atoms with Gasteiger partial charge in [0.05, 0.1) is 10.6 Å². The Labute approximate surface area is 212 Å². The Morgan fingerprint density at radius 1 is 1.22 bits per heavy atom. The molecule has 4 aromatic rings. The van der Waals surface area contributed by atoms with Crippen LogP contribution in [0.3, 0.4) is 0 Å². The average molecular weight is 509 g/mol. The number of ether oxygens (including phenoxy) is 1. The van der Waals surface area contributed by atoms with Crippen molar-refractivity contribution in [3.05, 3.63) is 96.2 Å². The quantitative estimate of drug-likeness (QED) is 0.215. The molecule has 0 radical (unpaired) electrons. The minimum absolute atomic E-state index is 0.0465. The summed E-state index contributed by atoms with van der Waals surface area (Å²) in [7, 11) is 0. The van der Waals surface area contributed by atoms with E-state index in [9.17, 15) is 13.6 Å². The SMILES string of the molecule is C=CCC(C=C)c1nc(-c2ccc(C(C)(F)F)cc2)sc1COc1ccc2c(ccn2CC(=O)O)c1. The summed E-state index contributed by atoms with van der Waals surface area (Å²) >= 11 is 1.45. The van der Waals surface area contributed by atoms with Crippen molar-refractivity contribution in [2.45, 2.75) is 38.3 Å². The number of carboxylic acids is 1. The van der Waals surface area contributed by atoms with Crippen LogP contribution in [0.25, 0.3) is 21.5 Å². The van der Waals surface area contributed by atoms with E-state index in [0.29, 0.717) is 17.2 Å². The molecule has 1 unspecified atom stereocenters. The van der Waals surface area contributed by atoms with E-state index in [2.05, 4.69) is 13.2 Å². The number of halogens is 2. The highest BCUT2D eigenvalue weighted by molar-refractivity contribution is 7.15. The average Bonchev–Trinajstić information content (AvgIpc) is 3.44. The molecular weight excluding hydrogens is 482 g/mol. The summed E-state index contributed by atoms with van der Waals surface area (Å²) in [6.45, 7) is 8.80. The van der Waals surface area contributed by atoms with Crippen LogP contribution in [0, 0.1) is 0 Å². The Bertz CT molecular complexity index is 1400. The lowest BCUT2D eigenvalue weighted by Gasteiger charge is -2.11. The van der Waals surface area contributed by atoms with Gasteiger partial charge < -0.3 is 14.4 Å². The molecule has 1 N–H and O–H groups in total. The molecule has 5 nitrogen and oxygen atoms in total. The largest absolute Gasteiger partial charge is 0.488 e. The second kappa shape index (κ2) is 10.5. The van der Waals surface area contributed by atoms with Gasteiger partial charge in [0, 0.05) is 41.1 Å². The standard InChI is InChI=1S/C28H26F2N2O3S/c1-4-6-18(5-2)26-24(36-27(31-26)19-7-9-21(10-8-19)28(3,29)30)17-35-22-11-12-23-20(15-22)13-14-32(23)16-25(33)34/h4-5,7-15,18H,1-2,6,16-17H2,3H3,(H,33,34). The molecule has 0 spiro atoms. The highest BCUT2D eigenvalue weighted by atomic mass is 32.1. The first-order chi connectivity index (χ1) is 17.2. The Morgan fingerprint density at radius 2 is 1.97 bits per heavy atom. The van der Waals surface area contributed by atoms with Crippen LogP contribution in [0.1, 0.15) is 35.4 Å². The normalized spacial score (nSPS) is 12.4. The van der Waals surface area contributed by atoms with E-state index in [1.807, 2.05) is 30.4 Å². The van der Waals surface area contributed by atoms with Gasteiger partial charge in [0.1, 0.15) is 23.9 Å². The maximum absolute atomic E-state index is 13.6. The number of hydrogen-bond acceptors (Lipinski definition) is 4. The molecule has 8 heteroatoms. The third kappa shape index (κ3) is 5.54. The monoisotopic (exact) mass is 508 g/mol. The van der Waals surface area contributed by atoms with Crippen LogP contribution in [-0.4, -0.2) is 20.6 Å².